The number of carbonyl (C=O) groups excluding carboxylic acids is 1. The normalized spacial score (nSPS) is 15.3. The lowest BCUT2D eigenvalue weighted by Gasteiger charge is -2.12. The molecule has 2 heterocycles. The van der Waals surface area contributed by atoms with Crippen LogP contribution in [-0.2, 0) is 9.84 Å². The second kappa shape index (κ2) is 4.67. The first-order chi connectivity index (χ1) is 8.34. The first-order valence-corrected chi connectivity index (χ1v) is 8.43. The Kier molecular flexibility index (Phi) is 3.52. The van der Waals surface area contributed by atoms with E-state index in [9.17, 15) is 13.2 Å². The van der Waals surface area contributed by atoms with Gasteiger partial charge in [0.2, 0.25) is 15.0 Å². The average molecular weight is 304 g/mol. The van der Waals surface area contributed by atoms with Crippen molar-refractivity contribution in [3.63, 3.8) is 0 Å². The molecule has 1 aromatic rings. The summed E-state index contributed by atoms with van der Waals surface area (Å²) in [5.41, 5.74) is 0.487. The van der Waals surface area contributed by atoms with Crippen molar-refractivity contribution in [2.45, 2.75) is 14.8 Å². The van der Waals surface area contributed by atoms with Gasteiger partial charge in [0.25, 0.3) is 0 Å². The molecule has 0 atom stereocenters. The molecule has 0 radical (unpaired) electrons. The standard InChI is InChI=1S/C10H12N2O3S3/c1-12(2)10(11)18(14,15)8-5-6-7(13)3-4-16-9(6)17-8/h5,11H,3-4H2,1-2H3. The number of fused-ring (bicyclic) bond motifs is 1. The van der Waals surface area contributed by atoms with Crippen molar-refractivity contribution in [1.82, 2.24) is 4.90 Å². The third-order valence-corrected chi connectivity index (χ3v) is 7.11. The molecular formula is C10H12N2O3S3. The second-order valence-electron chi connectivity index (χ2n) is 3.99. The number of ketones is 1. The predicted molar refractivity (Wildman–Crippen MR) is 72.6 cm³/mol. The molecule has 18 heavy (non-hydrogen) atoms. The van der Waals surface area contributed by atoms with Gasteiger partial charge in [0.1, 0.15) is 4.21 Å². The number of thioether (sulfide) groups is 1. The third-order valence-electron chi connectivity index (χ3n) is 2.46. The summed E-state index contributed by atoms with van der Waals surface area (Å²) in [7, 11) is -0.779. The van der Waals surface area contributed by atoms with Crippen LogP contribution in [0.1, 0.15) is 16.8 Å². The highest BCUT2D eigenvalue weighted by Gasteiger charge is 2.29. The second-order valence-corrected chi connectivity index (χ2v) is 8.50. The summed E-state index contributed by atoms with van der Waals surface area (Å²) in [5, 5.41) is 7.14. The molecule has 0 aliphatic carbocycles. The lowest BCUT2D eigenvalue weighted by atomic mass is 10.2. The van der Waals surface area contributed by atoms with Gasteiger partial charge in [-0.1, -0.05) is 0 Å². The zero-order chi connectivity index (χ0) is 13.5. The molecule has 8 heteroatoms. The van der Waals surface area contributed by atoms with Crippen molar-refractivity contribution >= 4 is 43.9 Å². The Morgan fingerprint density at radius 1 is 1.44 bits per heavy atom. The first kappa shape index (κ1) is 13.6. The fraction of sp³-hybridized carbons (Fsp3) is 0.400. The summed E-state index contributed by atoms with van der Waals surface area (Å²) >= 11 is 2.58. The Morgan fingerprint density at radius 3 is 2.67 bits per heavy atom. The number of rotatable bonds is 1. The summed E-state index contributed by atoms with van der Waals surface area (Å²) in [6.45, 7) is 0. The largest absolute Gasteiger partial charge is 0.353 e. The topological polar surface area (TPSA) is 78.3 Å². The van der Waals surface area contributed by atoms with Crippen LogP contribution in [0, 0.1) is 5.41 Å². The molecule has 2 rings (SSSR count). The molecule has 1 aliphatic heterocycles. The molecule has 98 valence electrons. The monoisotopic (exact) mass is 304 g/mol. The van der Waals surface area contributed by atoms with E-state index >= 15 is 0 Å². The number of nitrogens with one attached hydrogen (secondary N) is 1. The Balaban J connectivity index is 2.47. The van der Waals surface area contributed by atoms with Crippen molar-refractivity contribution in [2.75, 3.05) is 19.8 Å². The van der Waals surface area contributed by atoms with Crippen molar-refractivity contribution in [1.29, 1.82) is 5.41 Å². The highest BCUT2D eigenvalue weighted by atomic mass is 32.2. The molecule has 0 bridgehead atoms. The lowest BCUT2D eigenvalue weighted by Crippen LogP contribution is -2.28. The Hall–Kier alpha value is -0.860. The molecule has 0 unspecified atom stereocenters. The highest BCUT2D eigenvalue weighted by molar-refractivity contribution is 8.08. The van der Waals surface area contributed by atoms with Crippen molar-refractivity contribution in [3.05, 3.63) is 11.6 Å². The van der Waals surface area contributed by atoms with Crippen LogP contribution in [0.5, 0.6) is 0 Å². The number of hydrogen-bond acceptors (Lipinski definition) is 6. The van der Waals surface area contributed by atoms with E-state index in [4.69, 9.17) is 5.41 Å². The van der Waals surface area contributed by atoms with Crippen LogP contribution in [0.3, 0.4) is 0 Å². The molecule has 0 fully saturated rings. The zero-order valence-electron chi connectivity index (χ0n) is 9.89. The Morgan fingerprint density at radius 2 is 2.11 bits per heavy atom. The number of amidine groups is 1. The maximum atomic E-state index is 12.1. The molecule has 1 aromatic heterocycles. The third kappa shape index (κ3) is 2.19. The number of thiophene rings is 1. The van der Waals surface area contributed by atoms with Gasteiger partial charge in [-0.15, -0.1) is 23.1 Å². The number of Topliss-reactive ketones (excluding diaryl/α,β-unsaturated/α-hetero) is 1. The van der Waals surface area contributed by atoms with Crippen LogP contribution in [0.4, 0.5) is 0 Å². The molecule has 0 amide bonds. The average Bonchev–Trinajstić information content (AvgIpc) is 2.73. The van der Waals surface area contributed by atoms with E-state index in [0.717, 1.165) is 15.5 Å². The van der Waals surface area contributed by atoms with E-state index in [0.29, 0.717) is 17.7 Å². The van der Waals surface area contributed by atoms with E-state index in [2.05, 4.69) is 0 Å². The van der Waals surface area contributed by atoms with E-state index in [1.54, 1.807) is 0 Å². The quantitative estimate of drug-likeness (QED) is 0.631. The number of nitrogens with zero attached hydrogens (tertiary/aromatic N) is 1. The maximum Gasteiger partial charge on any atom is 0.248 e. The van der Waals surface area contributed by atoms with Crippen LogP contribution < -0.4 is 0 Å². The van der Waals surface area contributed by atoms with Crippen LogP contribution in [-0.4, -0.2) is 44.1 Å². The van der Waals surface area contributed by atoms with Crippen molar-refractivity contribution < 1.29 is 13.2 Å². The highest BCUT2D eigenvalue weighted by Crippen LogP contribution is 2.39. The van der Waals surface area contributed by atoms with Gasteiger partial charge in [0.15, 0.2) is 5.78 Å². The zero-order valence-corrected chi connectivity index (χ0v) is 12.3. The number of sulfone groups is 1. The van der Waals surface area contributed by atoms with E-state index < -0.39 is 15.0 Å². The van der Waals surface area contributed by atoms with Crippen LogP contribution in [0.2, 0.25) is 0 Å². The summed E-state index contributed by atoms with van der Waals surface area (Å²) in [6.07, 6.45) is 0.443. The van der Waals surface area contributed by atoms with Crippen molar-refractivity contribution in [3.8, 4) is 0 Å². The Bertz CT molecular complexity index is 616. The molecular weight excluding hydrogens is 292 g/mol. The maximum absolute atomic E-state index is 12.1. The fourth-order valence-corrected chi connectivity index (χ4v) is 5.72. The van der Waals surface area contributed by atoms with Gasteiger partial charge in [-0.25, -0.2) is 8.42 Å². The molecule has 1 aliphatic rings. The minimum Gasteiger partial charge on any atom is -0.353 e. The van der Waals surface area contributed by atoms with Gasteiger partial charge >= 0.3 is 0 Å². The minimum atomic E-state index is -3.79. The smallest absolute Gasteiger partial charge is 0.248 e. The predicted octanol–water partition coefficient (Wildman–Crippen LogP) is 1.70. The molecule has 0 saturated carbocycles. The van der Waals surface area contributed by atoms with Crippen LogP contribution in [0.15, 0.2) is 14.5 Å². The van der Waals surface area contributed by atoms with E-state index in [1.807, 2.05) is 0 Å². The Labute approximate surface area is 114 Å². The summed E-state index contributed by atoms with van der Waals surface area (Å²) in [4.78, 5) is 12.9. The summed E-state index contributed by atoms with van der Waals surface area (Å²) in [6, 6.07) is 1.40. The molecule has 0 spiro atoms. The van der Waals surface area contributed by atoms with Crippen molar-refractivity contribution in [2.24, 2.45) is 0 Å². The van der Waals surface area contributed by atoms with Gasteiger partial charge < -0.3 is 4.90 Å². The SMILES string of the molecule is CN(C)C(=N)S(=O)(=O)c1cc2c(s1)SCCC2=O. The van der Waals surface area contributed by atoms with E-state index in [-0.39, 0.29) is 9.99 Å². The molecule has 0 aromatic carbocycles. The van der Waals surface area contributed by atoms with E-state index in [1.165, 1.54) is 36.8 Å². The van der Waals surface area contributed by atoms with Gasteiger partial charge in [-0.05, 0) is 6.07 Å². The summed E-state index contributed by atoms with van der Waals surface area (Å²) in [5.74, 6) is 0.676. The van der Waals surface area contributed by atoms with Crippen LogP contribution >= 0.6 is 23.1 Å². The van der Waals surface area contributed by atoms with Gasteiger partial charge in [0, 0.05) is 31.8 Å². The minimum absolute atomic E-state index is 0.0159. The fourth-order valence-electron chi connectivity index (χ4n) is 1.49. The lowest BCUT2D eigenvalue weighted by molar-refractivity contribution is 0.0985. The molecule has 5 nitrogen and oxygen atoms in total. The van der Waals surface area contributed by atoms with Gasteiger partial charge in [-0.3, -0.25) is 10.2 Å². The number of carbonyl (C=O) groups is 1. The molecule has 0 saturated heterocycles. The summed E-state index contributed by atoms with van der Waals surface area (Å²) < 4.78 is 25.1. The van der Waals surface area contributed by atoms with Gasteiger partial charge in [0.05, 0.1) is 4.21 Å². The van der Waals surface area contributed by atoms with Crippen LogP contribution in [0.25, 0.3) is 0 Å². The number of hydrogen-bond donors (Lipinski definition) is 1. The first-order valence-electron chi connectivity index (χ1n) is 5.15. The molecule has 1 N–H and O–H groups in total. The van der Waals surface area contributed by atoms with Gasteiger partial charge in [-0.2, -0.15) is 0 Å².